The Morgan fingerprint density at radius 2 is 2.50 bits per heavy atom. The van der Waals surface area contributed by atoms with E-state index in [0.29, 0.717) is 11.4 Å². The van der Waals surface area contributed by atoms with Crippen molar-refractivity contribution in [2.24, 2.45) is 0 Å². The van der Waals surface area contributed by atoms with E-state index >= 15 is 0 Å². The topological polar surface area (TPSA) is 70.9 Å². The van der Waals surface area contributed by atoms with Crippen molar-refractivity contribution in [1.82, 2.24) is 10.2 Å². The number of halogens is 1. The van der Waals surface area contributed by atoms with Crippen LogP contribution in [0.1, 0.15) is 23.0 Å². The molecule has 0 unspecified atom stereocenters. The van der Waals surface area contributed by atoms with Gasteiger partial charge < -0.3 is 9.73 Å². The van der Waals surface area contributed by atoms with Gasteiger partial charge in [-0.3, -0.25) is 9.89 Å². The molecule has 0 saturated heterocycles. The minimum Gasteiger partial charge on any atom is -0.452 e. The standard InChI is InChI=1S/C10H10ClN3O2/c1-2-6-5-8(14-13-6)12-10(15)7-3-4-16-9(7)11/h3-5H,2H2,1H3,(H2,12,13,14,15). The summed E-state index contributed by atoms with van der Waals surface area (Å²) in [7, 11) is 0. The maximum Gasteiger partial charge on any atom is 0.261 e. The highest BCUT2D eigenvalue weighted by atomic mass is 35.5. The lowest BCUT2D eigenvalue weighted by Crippen LogP contribution is -2.11. The summed E-state index contributed by atoms with van der Waals surface area (Å²) in [6, 6.07) is 3.27. The monoisotopic (exact) mass is 239 g/mol. The average molecular weight is 240 g/mol. The Labute approximate surface area is 96.8 Å². The summed E-state index contributed by atoms with van der Waals surface area (Å²) in [4.78, 5) is 11.7. The maximum absolute atomic E-state index is 11.7. The van der Waals surface area contributed by atoms with Crippen molar-refractivity contribution in [2.45, 2.75) is 13.3 Å². The third-order valence-corrected chi connectivity index (χ3v) is 2.41. The third kappa shape index (κ3) is 2.09. The summed E-state index contributed by atoms with van der Waals surface area (Å²) in [5.74, 6) is 0.131. The number of hydrogen-bond acceptors (Lipinski definition) is 3. The number of carbonyl (C=O) groups excluding carboxylic acids is 1. The largest absolute Gasteiger partial charge is 0.452 e. The molecule has 2 N–H and O–H groups in total. The number of aromatic amines is 1. The number of anilines is 1. The summed E-state index contributed by atoms with van der Waals surface area (Å²) in [6.45, 7) is 1.99. The molecule has 2 heterocycles. The molecule has 6 heteroatoms. The van der Waals surface area contributed by atoms with Crippen LogP contribution in [-0.4, -0.2) is 16.1 Å². The number of aromatic nitrogens is 2. The summed E-state index contributed by atoms with van der Waals surface area (Å²) in [5.41, 5.74) is 1.25. The number of amides is 1. The van der Waals surface area contributed by atoms with Crippen LogP contribution in [0.15, 0.2) is 22.8 Å². The van der Waals surface area contributed by atoms with Gasteiger partial charge in [0.05, 0.1) is 11.8 Å². The van der Waals surface area contributed by atoms with E-state index in [9.17, 15) is 4.79 Å². The van der Waals surface area contributed by atoms with Crippen LogP contribution in [0.5, 0.6) is 0 Å². The summed E-state index contributed by atoms with van der Waals surface area (Å²) >= 11 is 5.68. The van der Waals surface area contributed by atoms with Gasteiger partial charge in [0.25, 0.3) is 5.91 Å². The fraction of sp³-hybridized carbons (Fsp3) is 0.200. The van der Waals surface area contributed by atoms with Gasteiger partial charge in [0, 0.05) is 11.8 Å². The molecular weight excluding hydrogens is 230 g/mol. The van der Waals surface area contributed by atoms with Crippen LogP contribution in [0.25, 0.3) is 0 Å². The number of furan rings is 1. The Morgan fingerprint density at radius 1 is 1.69 bits per heavy atom. The lowest BCUT2D eigenvalue weighted by molar-refractivity contribution is 0.102. The van der Waals surface area contributed by atoms with E-state index in [1.807, 2.05) is 6.92 Å². The van der Waals surface area contributed by atoms with Crippen molar-refractivity contribution in [1.29, 1.82) is 0 Å². The van der Waals surface area contributed by atoms with E-state index in [1.54, 1.807) is 6.07 Å². The van der Waals surface area contributed by atoms with Crippen molar-refractivity contribution < 1.29 is 9.21 Å². The highest BCUT2D eigenvalue weighted by Crippen LogP contribution is 2.18. The maximum atomic E-state index is 11.7. The molecule has 84 valence electrons. The van der Waals surface area contributed by atoms with Crippen LogP contribution in [0.4, 0.5) is 5.82 Å². The molecule has 0 spiro atoms. The molecule has 0 aromatic carbocycles. The summed E-state index contributed by atoms with van der Waals surface area (Å²) in [6.07, 6.45) is 2.19. The molecule has 0 atom stereocenters. The second-order valence-electron chi connectivity index (χ2n) is 3.19. The van der Waals surface area contributed by atoms with Crippen molar-refractivity contribution in [3.63, 3.8) is 0 Å². The van der Waals surface area contributed by atoms with Gasteiger partial charge in [0.15, 0.2) is 5.82 Å². The first-order valence-electron chi connectivity index (χ1n) is 4.79. The predicted octanol–water partition coefficient (Wildman–Crippen LogP) is 2.47. The molecule has 2 aromatic rings. The fourth-order valence-electron chi connectivity index (χ4n) is 1.25. The predicted molar refractivity (Wildman–Crippen MR) is 59.6 cm³/mol. The number of carbonyl (C=O) groups is 1. The van der Waals surface area contributed by atoms with E-state index < -0.39 is 0 Å². The van der Waals surface area contributed by atoms with Gasteiger partial charge >= 0.3 is 0 Å². The van der Waals surface area contributed by atoms with Crippen molar-refractivity contribution in [2.75, 3.05) is 5.32 Å². The number of H-pyrrole nitrogens is 1. The Bertz CT molecular complexity index is 504. The number of aryl methyl sites for hydroxylation is 1. The van der Waals surface area contributed by atoms with E-state index in [0.717, 1.165) is 12.1 Å². The summed E-state index contributed by atoms with van der Waals surface area (Å²) < 4.78 is 4.83. The Kier molecular flexibility index (Phi) is 2.96. The zero-order valence-corrected chi connectivity index (χ0v) is 9.34. The van der Waals surface area contributed by atoms with Crippen molar-refractivity contribution in [3.8, 4) is 0 Å². The number of nitrogens with zero attached hydrogens (tertiary/aromatic N) is 1. The van der Waals surface area contributed by atoms with Crippen molar-refractivity contribution >= 4 is 23.3 Å². The molecule has 0 saturated carbocycles. The summed E-state index contributed by atoms with van der Waals surface area (Å²) in [5, 5.41) is 9.42. The van der Waals surface area contributed by atoms with Gasteiger partial charge in [-0.25, -0.2) is 0 Å². The number of hydrogen-bond donors (Lipinski definition) is 2. The normalized spacial score (nSPS) is 10.4. The van der Waals surface area contributed by atoms with Gasteiger partial charge in [-0.15, -0.1) is 0 Å². The SMILES string of the molecule is CCc1cc(NC(=O)c2ccoc2Cl)n[nH]1. The molecule has 2 aromatic heterocycles. The van der Waals surface area contributed by atoms with Gasteiger partial charge in [0.2, 0.25) is 5.22 Å². The van der Waals surface area contributed by atoms with Gasteiger partial charge in [0.1, 0.15) is 0 Å². The minimum absolute atomic E-state index is 0.0729. The Balaban J connectivity index is 2.11. The molecule has 0 radical (unpaired) electrons. The molecule has 5 nitrogen and oxygen atoms in total. The van der Waals surface area contributed by atoms with E-state index in [-0.39, 0.29) is 11.1 Å². The van der Waals surface area contributed by atoms with E-state index in [1.165, 1.54) is 12.3 Å². The molecule has 2 rings (SSSR count). The lowest BCUT2D eigenvalue weighted by Gasteiger charge is -1.98. The zero-order chi connectivity index (χ0) is 11.5. The third-order valence-electron chi connectivity index (χ3n) is 2.12. The smallest absolute Gasteiger partial charge is 0.261 e. The second-order valence-corrected chi connectivity index (χ2v) is 3.54. The molecule has 0 aliphatic rings. The van der Waals surface area contributed by atoms with Crippen LogP contribution in [-0.2, 0) is 6.42 Å². The van der Waals surface area contributed by atoms with Crippen LogP contribution in [0.2, 0.25) is 5.22 Å². The highest BCUT2D eigenvalue weighted by Gasteiger charge is 2.14. The average Bonchev–Trinajstić information content (AvgIpc) is 2.86. The van der Waals surface area contributed by atoms with Crippen LogP contribution < -0.4 is 5.32 Å². The Morgan fingerprint density at radius 3 is 3.06 bits per heavy atom. The first kappa shape index (κ1) is 10.8. The number of nitrogens with one attached hydrogen (secondary N) is 2. The molecular formula is C10H10ClN3O2. The molecule has 0 fully saturated rings. The van der Waals surface area contributed by atoms with Gasteiger partial charge in [-0.2, -0.15) is 5.10 Å². The molecule has 16 heavy (non-hydrogen) atoms. The van der Waals surface area contributed by atoms with E-state index in [2.05, 4.69) is 15.5 Å². The van der Waals surface area contributed by atoms with Crippen LogP contribution >= 0.6 is 11.6 Å². The molecule has 0 aliphatic carbocycles. The van der Waals surface area contributed by atoms with E-state index in [4.69, 9.17) is 16.0 Å². The molecule has 1 amide bonds. The lowest BCUT2D eigenvalue weighted by atomic mass is 10.3. The molecule has 0 bridgehead atoms. The first-order chi connectivity index (χ1) is 7.70. The number of rotatable bonds is 3. The Hall–Kier alpha value is -1.75. The zero-order valence-electron chi connectivity index (χ0n) is 8.58. The van der Waals surface area contributed by atoms with Gasteiger partial charge in [-0.1, -0.05) is 6.92 Å². The molecule has 0 aliphatic heterocycles. The van der Waals surface area contributed by atoms with Crippen LogP contribution in [0, 0.1) is 0 Å². The highest BCUT2D eigenvalue weighted by molar-refractivity contribution is 6.32. The fourth-order valence-corrected chi connectivity index (χ4v) is 1.45. The second kappa shape index (κ2) is 4.40. The quantitative estimate of drug-likeness (QED) is 0.864. The van der Waals surface area contributed by atoms with Gasteiger partial charge in [-0.05, 0) is 24.1 Å². The van der Waals surface area contributed by atoms with Crippen LogP contribution in [0.3, 0.4) is 0 Å². The minimum atomic E-state index is -0.340. The van der Waals surface area contributed by atoms with Crippen molar-refractivity contribution in [3.05, 3.63) is 34.9 Å². The first-order valence-corrected chi connectivity index (χ1v) is 5.17.